The van der Waals surface area contributed by atoms with Gasteiger partial charge in [0, 0.05) is 6.21 Å². The Hall–Kier alpha value is -2.15. The van der Waals surface area contributed by atoms with Gasteiger partial charge < -0.3 is 0 Å². The zero-order chi connectivity index (χ0) is 17.7. The first-order valence-corrected chi connectivity index (χ1v) is 8.54. The number of hydrogen-bond donors (Lipinski definition) is 0. The summed E-state index contributed by atoms with van der Waals surface area (Å²) in [5.41, 5.74) is 5.82. The number of hydrogen-bond acceptors (Lipinski definition) is 1. The molecule has 2 aromatic carbocycles. The fourth-order valence-corrected chi connectivity index (χ4v) is 1.80. The van der Waals surface area contributed by atoms with Gasteiger partial charge in [0.2, 0.25) is 0 Å². The maximum absolute atomic E-state index is 4.57. The molecule has 0 aliphatic heterocycles. The van der Waals surface area contributed by atoms with Gasteiger partial charge in [0.15, 0.2) is 0 Å². The minimum Gasteiger partial charge on any atom is -0.256 e. The number of aryl methyl sites for hydroxylation is 1. The first-order chi connectivity index (χ1) is 11.2. The van der Waals surface area contributed by atoms with Crippen molar-refractivity contribution in [2.45, 2.75) is 48.5 Å². The zero-order valence-electron chi connectivity index (χ0n) is 15.7. The summed E-state index contributed by atoms with van der Waals surface area (Å²) >= 11 is 0. The van der Waals surface area contributed by atoms with Crippen LogP contribution >= 0.6 is 0 Å². The van der Waals surface area contributed by atoms with E-state index in [0.717, 1.165) is 5.69 Å². The highest BCUT2D eigenvalue weighted by molar-refractivity contribution is 5.81. The van der Waals surface area contributed by atoms with E-state index in [0.29, 0.717) is 0 Å². The smallest absolute Gasteiger partial charge is 0.0665 e. The van der Waals surface area contributed by atoms with Crippen LogP contribution < -0.4 is 0 Å². The van der Waals surface area contributed by atoms with Gasteiger partial charge in [0.25, 0.3) is 0 Å². The molecule has 0 bridgehead atoms. The van der Waals surface area contributed by atoms with Crippen LogP contribution in [0.5, 0.6) is 0 Å². The zero-order valence-corrected chi connectivity index (χ0v) is 15.7. The summed E-state index contributed by atoms with van der Waals surface area (Å²) in [6, 6.07) is 16.8. The molecule has 0 unspecified atom stereocenters. The minimum atomic E-state index is 1.03. The Labute approximate surface area is 142 Å². The van der Waals surface area contributed by atoms with Crippen LogP contribution in [0.25, 0.3) is 11.1 Å². The second-order valence-electron chi connectivity index (χ2n) is 4.66. The van der Waals surface area contributed by atoms with Crippen LogP contribution in [-0.4, -0.2) is 6.21 Å². The van der Waals surface area contributed by atoms with Gasteiger partial charge in [-0.25, -0.2) is 0 Å². The predicted octanol–water partition coefficient (Wildman–Crippen LogP) is 7.38. The van der Waals surface area contributed by atoms with E-state index in [1.807, 2.05) is 46.9 Å². The van der Waals surface area contributed by atoms with E-state index in [4.69, 9.17) is 0 Å². The van der Waals surface area contributed by atoms with Crippen molar-refractivity contribution in [3.8, 4) is 11.1 Å². The van der Waals surface area contributed by atoms with Crippen molar-refractivity contribution in [2.75, 3.05) is 0 Å². The van der Waals surface area contributed by atoms with Crippen molar-refractivity contribution >= 4 is 11.9 Å². The summed E-state index contributed by atoms with van der Waals surface area (Å²) in [5, 5.41) is 0. The number of aliphatic imine (C=N–C) groups is 1. The molecule has 0 amide bonds. The Kier molecular flexibility index (Phi) is 11.2. The minimum absolute atomic E-state index is 1.03. The molecule has 0 N–H and O–H groups in total. The molecule has 0 saturated carbocycles. The Morgan fingerprint density at radius 3 is 2.04 bits per heavy atom. The highest BCUT2D eigenvalue weighted by Gasteiger charge is 2.01. The molecule has 0 spiro atoms. The van der Waals surface area contributed by atoms with Crippen molar-refractivity contribution in [2.24, 2.45) is 4.99 Å². The lowest BCUT2D eigenvalue weighted by Crippen LogP contribution is -1.82. The Morgan fingerprint density at radius 1 is 0.870 bits per heavy atom. The molecule has 2 rings (SSSR count). The fraction of sp³-hybridized carbons (Fsp3) is 0.318. The average Bonchev–Trinajstić information content (AvgIpc) is 2.64. The van der Waals surface area contributed by atoms with Crippen LogP contribution in [0.1, 0.15) is 47.1 Å². The lowest BCUT2D eigenvalue weighted by Gasteiger charge is -2.05. The maximum Gasteiger partial charge on any atom is 0.0665 e. The molecule has 2 aromatic rings. The molecule has 0 aliphatic rings. The average molecular weight is 309 g/mol. The van der Waals surface area contributed by atoms with Gasteiger partial charge in [-0.3, -0.25) is 4.99 Å². The van der Waals surface area contributed by atoms with Crippen molar-refractivity contribution < 1.29 is 0 Å². The van der Waals surface area contributed by atoms with Gasteiger partial charge >= 0.3 is 0 Å². The third-order valence-electron chi connectivity index (χ3n) is 3.18. The van der Waals surface area contributed by atoms with Crippen LogP contribution in [0.2, 0.25) is 0 Å². The number of rotatable bonds is 3. The summed E-state index contributed by atoms with van der Waals surface area (Å²) in [6.07, 6.45) is 3.97. The van der Waals surface area contributed by atoms with E-state index in [2.05, 4.69) is 67.4 Å². The Balaban J connectivity index is 0.00000112. The fourth-order valence-electron chi connectivity index (χ4n) is 1.80. The standard InChI is InChI=1S/C18H19N.2C2H6/c1-4-14(2)13-19-18-12-17(11-10-15(18)3)16-8-6-5-7-9-16;2*1-2/h4-13H,1-3H3;2*1-2H3/b14-4-,19-13?;;. The molecule has 0 saturated heterocycles. The molecule has 0 radical (unpaired) electrons. The van der Waals surface area contributed by atoms with Crippen molar-refractivity contribution in [1.82, 2.24) is 0 Å². The Morgan fingerprint density at radius 2 is 1.48 bits per heavy atom. The number of nitrogens with zero attached hydrogens (tertiary/aromatic N) is 1. The quantitative estimate of drug-likeness (QED) is 0.524. The van der Waals surface area contributed by atoms with Crippen LogP contribution in [-0.2, 0) is 0 Å². The van der Waals surface area contributed by atoms with E-state index in [-0.39, 0.29) is 0 Å². The van der Waals surface area contributed by atoms with Crippen LogP contribution in [0.3, 0.4) is 0 Å². The van der Waals surface area contributed by atoms with Gasteiger partial charge in [-0.2, -0.15) is 0 Å². The van der Waals surface area contributed by atoms with Gasteiger partial charge in [-0.05, 0) is 49.1 Å². The SMILES string of the molecule is C/C=C(/C)C=Nc1cc(-c2ccccc2)ccc1C.CC.CC. The molecular weight excluding hydrogens is 278 g/mol. The summed E-state index contributed by atoms with van der Waals surface area (Å²) in [5.74, 6) is 0. The molecule has 124 valence electrons. The second kappa shape index (κ2) is 12.4. The van der Waals surface area contributed by atoms with Gasteiger partial charge in [0.1, 0.15) is 0 Å². The van der Waals surface area contributed by atoms with Crippen molar-refractivity contribution in [3.63, 3.8) is 0 Å². The number of allylic oxidation sites excluding steroid dienone is 2. The van der Waals surface area contributed by atoms with E-state index in [1.54, 1.807) is 0 Å². The third kappa shape index (κ3) is 7.10. The summed E-state index contributed by atoms with van der Waals surface area (Å²) in [6.45, 7) is 14.2. The van der Waals surface area contributed by atoms with E-state index in [9.17, 15) is 0 Å². The normalized spacial score (nSPS) is 10.5. The highest BCUT2D eigenvalue weighted by Crippen LogP contribution is 2.27. The lowest BCUT2D eigenvalue weighted by atomic mass is 10.0. The molecule has 1 nitrogen and oxygen atoms in total. The largest absolute Gasteiger partial charge is 0.256 e. The Bertz CT molecular complexity index is 607. The first kappa shape index (κ1) is 20.9. The first-order valence-electron chi connectivity index (χ1n) is 8.54. The molecule has 1 heteroatoms. The van der Waals surface area contributed by atoms with Crippen LogP contribution in [0.4, 0.5) is 5.69 Å². The molecule has 0 atom stereocenters. The number of benzene rings is 2. The predicted molar refractivity (Wildman–Crippen MR) is 107 cm³/mol. The summed E-state index contributed by atoms with van der Waals surface area (Å²) in [7, 11) is 0. The topological polar surface area (TPSA) is 12.4 Å². The molecule has 23 heavy (non-hydrogen) atoms. The van der Waals surface area contributed by atoms with E-state index >= 15 is 0 Å². The summed E-state index contributed by atoms with van der Waals surface area (Å²) in [4.78, 5) is 4.57. The third-order valence-corrected chi connectivity index (χ3v) is 3.18. The highest BCUT2D eigenvalue weighted by atomic mass is 14.7. The van der Waals surface area contributed by atoms with E-state index in [1.165, 1.54) is 22.3 Å². The monoisotopic (exact) mass is 309 g/mol. The van der Waals surface area contributed by atoms with Gasteiger partial charge in [-0.1, -0.05) is 76.2 Å². The lowest BCUT2D eigenvalue weighted by molar-refractivity contribution is 1.39. The van der Waals surface area contributed by atoms with Crippen LogP contribution in [0.15, 0.2) is 65.2 Å². The molecular formula is C22H31N. The summed E-state index contributed by atoms with van der Waals surface area (Å²) < 4.78 is 0. The van der Waals surface area contributed by atoms with Gasteiger partial charge in [0.05, 0.1) is 5.69 Å². The molecule has 0 fully saturated rings. The molecule has 0 heterocycles. The van der Waals surface area contributed by atoms with Crippen molar-refractivity contribution in [3.05, 3.63) is 65.7 Å². The van der Waals surface area contributed by atoms with Crippen molar-refractivity contribution in [1.29, 1.82) is 0 Å². The second-order valence-corrected chi connectivity index (χ2v) is 4.66. The van der Waals surface area contributed by atoms with Crippen LogP contribution in [0, 0.1) is 6.92 Å². The molecule has 0 aliphatic carbocycles. The van der Waals surface area contributed by atoms with E-state index < -0.39 is 0 Å². The molecule has 0 aromatic heterocycles. The van der Waals surface area contributed by atoms with Gasteiger partial charge in [-0.15, -0.1) is 0 Å². The maximum atomic E-state index is 4.57.